The Morgan fingerprint density at radius 2 is 1.21 bits per heavy atom. The lowest BCUT2D eigenvalue weighted by molar-refractivity contribution is 0.479. The van der Waals surface area contributed by atoms with E-state index in [9.17, 15) is 47.3 Å². The Hall–Kier alpha value is -4.99. The molecule has 0 atom stereocenters. The van der Waals surface area contributed by atoms with E-state index in [1.165, 1.54) is 57.2 Å². The Morgan fingerprint density at radius 3 is 1.80 bits per heavy atom. The molecule has 19 heteroatoms. The summed E-state index contributed by atoms with van der Waals surface area (Å²) in [5.41, 5.74) is 2.88. The number of hydrogen-bond donors (Lipinski definition) is 5. The van der Waals surface area contributed by atoms with Crippen LogP contribution in [-0.2, 0) is 40.4 Å². The molecule has 1 aliphatic heterocycles. The van der Waals surface area contributed by atoms with Crippen LogP contribution < -0.4 is 15.8 Å². The number of primary sulfonamides is 1. The second kappa shape index (κ2) is 13.9. The van der Waals surface area contributed by atoms with Crippen LogP contribution in [0.3, 0.4) is 0 Å². The summed E-state index contributed by atoms with van der Waals surface area (Å²) < 4.78 is 138. The lowest BCUT2D eigenvalue weighted by Gasteiger charge is -2.20. The van der Waals surface area contributed by atoms with Gasteiger partial charge in [0.25, 0.3) is 30.4 Å². The summed E-state index contributed by atoms with van der Waals surface area (Å²) in [7, 11) is -18.8. The van der Waals surface area contributed by atoms with Gasteiger partial charge in [-0.1, -0.05) is 30.3 Å². The van der Waals surface area contributed by atoms with E-state index in [0.717, 1.165) is 6.07 Å². The van der Waals surface area contributed by atoms with Gasteiger partial charge in [-0.3, -0.25) is 13.7 Å². The van der Waals surface area contributed by atoms with Crippen molar-refractivity contribution in [3.05, 3.63) is 105 Å². The number of hydrogen-bond acceptors (Lipinski definition) is 11. The smallest absolute Gasteiger partial charge is 0.296 e. The van der Waals surface area contributed by atoms with Gasteiger partial charge in [0.05, 0.1) is 15.9 Å². The summed E-state index contributed by atoms with van der Waals surface area (Å²) in [5, 5.41) is 8.68. The molecule has 4 aromatic rings. The number of benzene rings is 5. The van der Waals surface area contributed by atoms with Gasteiger partial charge in [-0.2, -0.15) is 25.3 Å². The molecule has 0 saturated heterocycles. The first-order valence-corrected chi connectivity index (χ1v) is 22.3. The van der Waals surface area contributed by atoms with Crippen molar-refractivity contribution in [3.8, 4) is 22.5 Å². The van der Waals surface area contributed by atoms with Crippen LogP contribution in [0, 0.1) is 41.5 Å². The molecule has 0 bridgehead atoms. The van der Waals surface area contributed by atoms with E-state index in [0.29, 0.717) is 28.1 Å². The summed E-state index contributed by atoms with van der Waals surface area (Å²) in [5.74, 6) is -0.0613. The third-order valence-corrected chi connectivity index (χ3v) is 13.5. The molecule has 0 spiro atoms. The molecule has 4 aromatic carbocycles. The Kier molecular flexibility index (Phi) is 10.1. The molecule has 56 heavy (non-hydrogen) atoms. The molecule has 15 nitrogen and oxygen atoms in total. The number of nitrogens with zero attached hydrogens (tertiary/aromatic N) is 1. The molecular weight excluding hydrogens is 807 g/mol. The summed E-state index contributed by atoms with van der Waals surface area (Å²) >= 11 is 0. The van der Waals surface area contributed by atoms with Crippen molar-refractivity contribution in [1.82, 2.24) is 0 Å². The van der Waals surface area contributed by atoms with Crippen molar-refractivity contribution in [2.45, 2.75) is 61.1 Å². The maximum Gasteiger partial charge on any atom is 0.296 e. The van der Waals surface area contributed by atoms with Gasteiger partial charge in [-0.25, -0.2) is 18.5 Å². The highest BCUT2D eigenvalue weighted by molar-refractivity contribution is 7.89. The minimum atomic E-state index is -5.09. The van der Waals surface area contributed by atoms with E-state index in [1.807, 2.05) is 0 Å². The Bertz CT molecular complexity index is 3170. The molecular formula is C37H35N3O12S4. The minimum Gasteiger partial charge on any atom is -0.456 e. The number of nitrogens with two attached hydrogens (primary N) is 1. The monoisotopic (exact) mass is 841 g/mol. The fourth-order valence-corrected chi connectivity index (χ4v) is 10.5. The SMILES string of the molecule is Cc1cc(C)c(S(=O)(=O)O)c(C)c1/N=c1\cc2oc3cc(Nc4c(C)cc(C)c(S(=O)(=O)O)c4C)ccc3c(-c3ccccc3S(N)(=O)=O)c-2cc1S(=O)(=O)O. The van der Waals surface area contributed by atoms with Crippen molar-refractivity contribution >= 4 is 68.4 Å². The first-order valence-electron chi connectivity index (χ1n) is 16.4. The number of sulfonamides is 1. The number of rotatable bonds is 8. The lowest BCUT2D eigenvalue weighted by atomic mass is 9.93. The van der Waals surface area contributed by atoms with Crippen LogP contribution in [0.2, 0.25) is 0 Å². The van der Waals surface area contributed by atoms with Crippen molar-refractivity contribution in [2.24, 2.45) is 10.1 Å². The predicted octanol–water partition coefficient (Wildman–Crippen LogP) is 6.42. The van der Waals surface area contributed by atoms with E-state index < -0.39 is 50.2 Å². The standard InChI is InChI=1S/C37H35N3O12S4/c1-18-13-20(3)36(55(46,47)48)22(5)34(18)39-24-11-12-25-29(15-24)52-30-17-28(40-35-19(2)14-21(4)37(23(35)6)56(49,50)51)32(54(43,44)45)16-27(30)33(25)26-9-7-8-10-31(26)53(38,41)42/h7-17,39H,1-6H3,(H2,38,41,42)(H,43,44,45)(H,46,47,48)(H,49,50,51)/b40-28+. The van der Waals surface area contributed by atoms with Gasteiger partial charge in [0.2, 0.25) is 10.0 Å². The molecule has 0 unspecified atom stereocenters. The average Bonchev–Trinajstić information content (AvgIpc) is 3.04. The maximum absolute atomic E-state index is 13.0. The van der Waals surface area contributed by atoms with Gasteiger partial charge >= 0.3 is 0 Å². The molecule has 2 aliphatic rings. The normalized spacial score (nSPS) is 13.1. The van der Waals surface area contributed by atoms with Crippen molar-refractivity contribution in [3.63, 3.8) is 0 Å². The largest absolute Gasteiger partial charge is 0.456 e. The van der Waals surface area contributed by atoms with Crippen molar-refractivity contribution in [2.75, 3.05) is 5.32 Å². The highest BCUT2D eigenvalue weighted by Gasteiger charge is 2.28. The summed E-state index contributed by atoms with van der Waals surface area (Å²) in [4.78, 5) is 2.72. The van der Waals surface area contributed by atoms with Gasteiger partial charge in [-0.15, -0.1) is 0 Å². The average molecular weight is 842 g/mol. The van der Waals surface area contributed by atoms with Crippen LogP contribution in [0.1, 0.15) is 33.4 Å². The van der Waals surface area contributed by atoms with Crippen LogP contribution >= 0.6 is 0 Å². The van der Waals surface area contributed by atoms with Crippen molar-refractivity contribution < 1.29 is 51.7 Å². The highest BCUT2D eigenvalue weighted by Crippen LogP contribution is 2.44. The molecule has 0 radical (unpaired) electrons. The third-order valence-electron chi connectivity index (χ3n) is 9.32. The molecule has 1 aliphatic carbocycles. The summed E-state index contributed by atoms with van der Waals surface area (Å²) in [6, 6.07) is 15.6. The van der Waals surface area contributed by atoms with Gasteiger partial charge in [0.15, 0.2) is 0 Å². The zero-order valence-corrected chi connectivity index (χ0v) is 33.8. The van der Waals surface area contributed by atoms with E-state index in [1.54, 1.807) is 45.0 Å². The molecule has 0 saturated carbocycles. The zero-order valence-electron chi connectivity index (χ0n) is 30.5. The minimum absolute atomic E-state index is 0.000770. The van der Waals surface area contributed by atoms with Gasteiger partial charge in [-0.05, 0) is 99.2 Å². The maximum atomic E-state index is 13.0. The van der Waals surface area contributed by atoms with Crippen LogP contribution in [-0.4, -0.2) is 47.3 Å². The summed E-state index contributed by atoms with van der Waals surface area (Å²) in [6.07, 6.45) is 0. The first kappa shape index (κ1) is 40.7. The molecule has 1 heterocycles. The van der Waals surface area contributed by atoms with Gasteiger partial charge in [0.1, 0.15) is 26.0 Å². The molecule has 0 amide bonds. The number of fused-ring (bicyclic) bond motifs is 2. The fourth-order valence-electron chi connectivity index (χ4n) is 7.24. The number of nitrogens with one attached hydrogen (secondary N) is 1. The predicted molar refractivity (Wildman–Crippen MR) is 209 cm³/mol. The number of anilines is 2. The molecule has 0 fully saturated rings. The topological polar surface area (TPSA) is 261 Å². The zero-order chi connectivity index (χ0) is 41.4. The summed E-state index contributed by atoms with van der Waals surface area (Å²) in [6.45, 7) is 9.26. The fraction of sp³-hybridized carbons (Fsp3) is 0.162. The second-order valence-corrected chi connectivity index (χ2v) is 19.0. The first-order chi connectivity index (χ1) is 25.8. The Balaban J connectivity index is 1.74. The van der Waals surface area contributed by atoms with Crippen molar-refractivity contribution in [1.29, 1.82) is 0 Å². The highest BCUT2D eigenvalue weighted by atomic mass is 32.2. The van der Waals surface area contributed by atoms with Crippen LogP contribution in [0.15, 0.2) is 95.7 Å². The third kappa shape index (κ3) is 7.47. The molecule has 0 aromatic heterocycles. The molecule has 294 valence electrons. The van der Waals surface area contributed by atoms with E-state index in [2.05, 4.69) is 10.3 Å². The van der Waals surface area contributed by atoms with Crippen LogP contribution in [0.5, 0.6) is 0 Å². The van der Waals surface area contributed by atoms with Crippen LogP contribution in [0.25, 0.3) is 33.4 Å². The van der Waals surface area contributed by atoms with Crippen LogP contribution in [0.4, 0.5) is 17.1 Å². The van der Waals surface area contributed by atoms with Gasteiger partial charge < -0.3 is 9.73 Å². The second-order valence-electron chi connectivity index (χ2n) is 13.4. The Morgan fingerprint density at radius 1 is 0.625 bits per heavy atom. The lowest BCUT2D eigenvalue weighted by Crippen LogP contribution is -2.17. The van der Waals surface area contributed by atoms with E-state index in [-0.39, 0.29) is 70.9 Å². The Labute approximate surface area is 323 Å². The quantitative estimate of drug-likeness (QED) is 0.0820. The molecule has 6 N–H and O–H groups in total. The molecule has 6 rings (SSSR count). The van der Waals surface area contributed by atoms with E-state index >= 15 is 0 Å². The number of aryl methyl sites for hydroxylation is 4. The van der Waals surface area contributed by atoms with E-state index in [4.69, 9.17) is 9.56 Å². The van der Waals surface area contributed by atoms with Gasteiger partial charge in [0, 0.05) is 45.6 Å².